The zero-order valence-corrected chi connectivity index (χ0v) is 14.4. The molecule has 1 N–H and O–H groups in total. The molecule has 0 bridgehead atoms. The lowest BCUT2D eigenvalue weighted by Crippen LogP contribution is -2.50. The van der Waals surface area contributed by atoms with E-state index < -0.39 is 6.10 Å². The highest BCUT2D eigenvalue weighted by molar-refractivity contribution is 4.83. The van der Waals surface area contributed by atoms with Gasteiger partial charge in [0, 0.05) is 13.1 Å². The number of hydrogen-bond donors (Lipinski definition) is 1. The number of rotatable bonds is 5. The third-order valence-corrected chi connectivity index (χ3v) is 5.44. The predicted molar refractivity (Wildman–Crippen MR) is 87.1 cm³/mol. The van der Waals surface area contributed by atoms with Crippen molar-refractivity contribution in [2.45, 2.75) is 84.7 Å². The Kier molecular flexibility index (Phi) is 6.51. The van der Waals surface area contributed by atoms with Crippen LogP contribution in [0.2, 0.25) is 0 Å². The molecule has 1 heterocycles. The molecule has 0 amide bonds. The average molecular weight is 297 g/mol. The fourth-order valence-electron chi connectivity index (χ4n) is 4.13. The molecule has 1 saturated heterocycles. The Morgan fingerprint density at radius 1 is 1.05 bits per heavy atom. The van der Waals surface area contributed by atoms with Crippen LogP contribution in [-0.2, 0) is 4.74 Å². The number of likely N-dealkylation sites (tertiary alicyclic amines) is 1. The summed E-state index contributed by atoms with van der Waals surface area (Å²) < 4.78 is 6.51. The molecule has 2 aliphatic rings. The molecule has 1 aliphatic heterocycles. The molecule has 5 unspecified atom stereocenters. The fourth-order valence-corrected chi connectivity index (χ4v) is 4.13. The van der Waals surface area contributed by atoms with Crippen LogP contribution in [0.25, 0.3) is 0 Å². The second kappa shape index (κ2) is 7.94. The smallest absolute Gasteiger partial charge is 0.136 e. The molecular formula is C18H35NO2. The number of hydrogen-bond acceptors (Lipinski definition) is 3. The summed E-state index contributed by atoms with van der Waals surface area (Å²) in [5.41, 5.74) is 0. The van der Waals surface area contributed by atoms with E-state index in [1.165, 1.54) is 32.1 Å². The van der Waals surface area contributed by atoms with Crippen molar-refractivity contribution in [3.05, 3.63) is 0 Å². The van der Waals surface area contributed by atoms with E-state index >= 15 is 0 Å². The molecule has 0 aromatic heterocycles. The third kappa shape index (κ3) is 4.67. The number of nitrogens with zero attached hydrogens (tertiary/aromatic N) is 1. The molecular weight excluding hydrogens is 262 g/mol. The van der Waals surface area contributed by atoms with Gasteiger partial charge in [0.15, 0.2) is 0 Å². The quantitative estimate of drug-likeness (QED) is 0.840. The van der Waals surface area contributed by atoms with Crippen molar-refractivity contribution in [2.75, 3.05) is 13.1 Å². The van der Waals surface area contributed by atoms with Gasteiger partial charge in [-0.25, -0.2) is 0 Å². The molecule has 0 aromatic rings. The van der Waals surface area contributed by atoms with Gasteiger partial charge in [-0.15, -0.1) is 0 Å². The molecule has 0 aromatic carbocycles. The van der Waals surface area contributed by atoms with Crippen LogP contribution in [0.5, 0.6) is 0 Å². The van der Waals surface area contributed by atoms with Gasteiger partial charge in [-0.3, -0.25) is 4.90 Å². The molecule has 0 spiro atoms. The third-order valence-electron chi connectivity index (χ3n) is 5.44. The number of aliphatic hydroxyl groups excluding tert-OH is 1. The molecule has 1 aliphatic carbocycles. The van der Waals surface area contributed by atoms with E-state index in [9.17, 15) is 5.11 Å². The first-order chi connectivity index (χ1) is 9.99. The van der Waals surface area contributed by atoms with Crippen LogP contribution in [-0.4, -0.2) is 41.5 Å². The van der Waals surface area contributed by atoms with Crippen molar-refractivity contribution in [3.8, 4) is 0 Å². The average Bonchev–Trinajstić information content (AvgIpc) is 2.45. The number of piperidine rings is 1. The van der Waals surface area contributed by atoms with Crippen molar-refractivity contribution in [1.29, 1.82) is 0 Å². The van der Waals surface area contributed by atoms with E-state index in [0.29, 0.717) is 17.9 Å². The van der Waals surface area contributed by atoms with E-state index in [2.05, 4.69) is 25.7 Å². The highest BCUT2D eigenvalue weighted by Crippen LogP contribution is 2.36. The SMILES string of the molecule is CC1CCC(C(C)C)C(OC(C(C)O)N2CCCCC2)C1. The van der Waals surface area contributed by atoms with Gasteiger partial charge in [0.05, 0.1) is 12.2 Å². The first-order valence-electron chi connectivity index (χ1n) is 9.06. The lowest BCUT2D eigenvalue weighted by atomic mass is 9.75. The number of aliphatic hydroxyl groups is 1. The Balaban J connectivity index is 2.02. The lowest BCUT2D eigenvalue weighted by molar-refractivity contribution is -0.179. The molecule has 3 heteroatoms. The minimum atomic E-state index is -0.409. The van der Waals surface area contributed by atoms with Crippen LogP contribution in [0, 0.1) is 17.8 Å². The van der Waals surface area contributed by atoms with E-state index in [4.69, 9.17) is 4.74 Å². The van der Waals surface area contributed by atoms with Crippen LogP contribution < -0.4 is 0 Å². The van der Waals surface area contributed by atoms with Crippen LogP contribution in [0.1, 0.15) is 66.2 Å². The van der Waals surface area contributed by atoms with Gasteiger partial charge in [-0.1, -0.05) is 33.6 Å². The van der Waals surface area contributed by atoms with Crippen molar-refractivity contribution < 1.29 is 9.84 Å². The second-order valence-corrected chi connectivity index (χ2v) is 7.73. The number of ether oxygens (including phenoxy) is 1. The summed E-state index contributed by atoms with van der Waals surface area (Å²) in [4.78, 5) is 2.37. The van der Waals surface area contributed by atoms with E-state index in [-0.39, 0.29) is 6.23 Å². The molecule has 1 saturated carbocycles. The molecule has 0 radical (unpaired) electrons. The highest BCUT2D eigenvalue weighted by Gasteiger charge is 2.36. The maximum atomic E-state index is 10.2. The first kappa shape index (κ1) is 17.2. The Morgan fingerprint density at radius 2 is 1.71 bits per heavy atom. The summed E-state index contributed by atoms with van der Waals surface area (Å²) in [6, 6.07) is 0. The van der Waals surface area contributed by atoms with Crippen molar-refractivity contribution in [1.82, 2.24) is 4.90 Å². The van der Waals surface area contributed by atoms with Gasteiger partial charge < -0.3 is 9.84 Å². The first-order valence-corrected chi connectivity index (χ1v) is 9.06. The minimum Gasteiger partial charge on any atom is -0.389 e. The summed E-state index contributed by atoms with van der Waals surface area (Å²) in [6.07, 6.45) is 7.34. The van der Waals surface area contributed by atoms with Crippen LogP contribution in [0.4, 0.5) is 0 Å². The maximum absolute atomic E-state index is 10.2. The monoisotopic (exact) mass is 297 g/mol. The minimum absolute atomic E-state index is 0.109. The summed E-state index contributed by atoms with van der Waals surface area (Å²) in [5, 5.41) is 10.2. The molecule has 2 fully saturated rings. The van der Waals surface area contributed by atoms with E-state index in [1.807, 2.05) is 6.92 Å². The normalized spacial score (nSPS) is 34.9. The summed E-state index contributed by atoms with van der Waals surface area (Å²) in [7, 11) is 0. The van der Waals surface area contributed by atoms with Crippen molar-refractivity contribution in [2.24, 2.45) is 17.8 Å². The fraction of sp³-hybridized carbons (Fsp3) is 1.00. The van der Waals surface area contributed by atoms with Crippen LogP contribution in [0.15, 0.2) is 0 Å². The Labute approximate surface area is 131 Å². The highest BCUT2D eigenvalue weighted by atomic mass is 16.5. The summed E-state index contributed by atoms with van der Waals surface area (Å²) in [5.74, 6) is 2.06. The molecule has 3 nitrogen and oxygen atoms in total. The predicted octanol–water partition coefficient (Wildman–Crippen LogP) is 3.66. The van der Waals surface area contributed by atoms with Gasteiger partial charge in [-0.2, -0.15) is 0 Å². The molecule has 124 valence electrons. The largest absolute Gasteiger partial charge is 0.389 e. The maximum Gasteiger partial charge on any atom is 0.136 e. The van der Waals surface area contributed by atoms with E-state index in [1.54, 1.807) is 0 Å². The van der Waals surface area contributed by atoms with Crippen LogP contribution in [0.3, 0.4) is 0 Å². The van der Waals surface area contributed by atoms with Gasteiger partial charge in [0.1, 0.15) is 6.23 Å². The summed E-state index contributed by atoms with van der Waals surface area (Å²) >= 11 is 0. The lowest BCUT2D eigenvalue weighted by Gasteiger charge is -2.43. The summed E-state index contributed by atoms with van der Waals surface area (Å²) in [6.45, 7) is 11.0. The van der Waals surface area contributed by atoms with Gasteiger partial charge in [0.2, 0.25) is 0 Å². The van der Waals surface area contributed by atoms with Crippen molar-refractivity contribution in [3.63, 3.8) is 0 Å². The standard InChI is InChI=1S/C18H35NO2/c1-13(2)16-9-8-14(3)12-17(16)21-18(15(4)20)19-10-6-5-7-11-19/h13-18,20H,5-12H2,1-4H3. The Morgan fingerprint density at radius 3 is 2.29 bits per heavy atom. The molecule has 2 rings (SSSR count). The zero-order chi connectivity index (χ0) is 15.4. The Hall–Kier alpha value is -0.120. The van der Waals surface area contributed by atoms with Gasteiger partial charge in [-0.05, 0) is 50.4 Å². The molecule has 21 heavy (non-hydrogen) atoms. The second-order valence-electron chi connectivity index (χ2n) is 7.73. The zero-order valence-electron chi connectivity index (χ0n) is 14.4. The topological polar surface area (TPSA) is 32.7 Å². The van der Waals surface area contributed by atoms with Gasteiger partial charge in [0.25, 0.3) is 0 Å². The van der Waals surface area contributed by atoms with Crippen molar-refractivity contribution >= 4 is 0 Å². The van der Waals surface area contributed by atoms with E-state index in [0.717, 1.165) is 25.4 Å². The van der Waals surface area contributed by atoms with Crippen LogP contribution >= 0.6 is 0 Å². The van der Waals surface area contributed by atoms with Gasteiger partial charge >= 0.3 is 0 Å². The molecule has 5 atom stereocenters. The Bertz CT molecular complexity index is 300.